The van der Waals surface area contributed by atoms with Crippen LogP contribution in [0, 0.1) is 0 Å². The van der Waals surface area contributed by atoms with Gasteiger partial charge in [-0.2, -0.15) is 0 Å². The molecule has 0 amide bonds. The third kappa shape index (κ3) is 4.38. The zero-order chi connectivity index (χ0) is 17.8. The van der Waals surface area contributed by atoms with Gasteiger partial charge in [-0.15, -0.1) is 0 Å². The van der Waals surface area contributed by atoms with Crippen LogP contribution in [0.4, 0.5) is 0 Å². The Balaban J connectivity index is 1.73. The van der Waals surface area contributed by atoms with E-state index in [9.17, 15) is 9.59 Å². The molecule has 136 valence electrons. The van der Waals surface area contributed by atoms with E-state index in [-0.39, 0.29) is 24.1 Å². The number of ether oxygens (including phenoxy) is 3. The summed E-state index contributed by atoms with van der Waals surface area (Å²) in [5.74, 6) is -0.722. The Kier molecular flexibility index (Phi) is 5.71. The number of esters is 2. The lowest BCUT2D eigenvalue weighted by atomic mass is 9.96. The molecule has 0 unspecified atom stereocenters. The lowest BCUT2D eigenvalue weighted by Crippen LogP contribution is -2.51. The van der Waals surface area contributed by atoms with Crippen molar-refractivity contribution >= 4 is 11.9 Å². The summed E-state index contributed by atoms with van der Waals surface area (Å²) >= 11 is 0. The summed E-state index contributed by atoms with van der Waals surface area (Å²) in [6.07, 6.45) is 0.933. The molecule has 2 saturated heterocycles. The van der Waals surface area contributed by atoms with Crippen LogP contribution < -0.4 is 0 Å². The van der Waals surface area contributed by atoms with E-state index >= 15 is 0 Å². The van der Waals surface area contributed by atoms with Crippen molar-refractivity contribution in [3.8, 4) is 0 Å². The van der Waals surface area contributed by atoms with E-state index in [4.69, 9.17) is 14.2 Å². The molecule has 1 aromatic rings. The van der Waals surface area contributed by atoms with Crippen molar-refractivity contribution in [2.45, 2.75) is 57.6 Å². The van der Waals surface area contributed by atoms with Gasteiger partial charge in [0.1, 0.15) is 0 Å². The summed E-state index contributed by atoms with van der Waals surface area (Å²) in [7, 11) is 0. The van der Waals surface area contributed by atoms with Crippen LogP contribution in [-0.2, 0) is 30.4 Å². The Bertz CT molecular complexity index is 605. The van der Waals surface area contributed by atoms with E-state index in [1.807, 2.05) is 30.3 Å². The molecular formula is C19H25NO5. The van der Waals surface area contributed by atoms with Crippen molar-refractivity contribution in [2.75, 3.05) is 13.1 Å². The highest BCUT2D eigenvalue weighted by atomic mass is 16.6. The quantitative estimate of drug-likeness (QED) is 0.758. The highest BCUT2D eigenvalue weighted by molar-refractivity contribution is 5.67. The molecule has 2 heterocycles. The first-order valence-electron chi connectivity index (χ1n) is 8.78. The van der Waals surface area contributed by atoms with Gasteiger partial charge in [0.05, 0.1) is 18.8 Å². The maximum Gasteiger partial charge on any atom is 0.303 e. The second-order valence-electron chi connectivity index (χ2n) is 6.68. The van der Waals surface area contributed by atoms with Crippen LogP contribution in [0.2, 0.25) is 0 Å². The maximum atomic E-state index is 11.6. The van der Waals surface area contributed by atoms with Gasteiger partial charge in [0.2, 0.25) is 0 Å². The molecule has 2 aliphatic heterocycles. The Labute approximate surface area is 148 Å². The summed E-state index contributed by atoms with van der Waals surface area (Å²) in [5.41, 5.74) is 1.11. The van der Waals surface area contributed by atoms with Crippen LogP contribution in [0.25, 0.3) is 0 Å². The minimum Gasteiger partial charge on any atom is -0.457 e. The molecule has 25 heavy (non-hydrogen) atoms. The van der Waals surface area contributed by atoms with E-state index in [0.29, 0.717) is 13.2 Å². The standard InChI is InChI=1S/C19H25NO5/c1-13(21)24-17-11-20-10-6-9-16(18(20)19(17)25-14(2)22)23-12-15-7-4-3-5-8-15/h3-5,7-8,16-19H,6,9-12H2,1-2H3/t16-,17-,18-,19-/m1/s1. The Morgan fingerprint density at radius 1 is 1.08 bits per heavy atom. The van der Waals surface area contributed by atoms with Crippen LogP contribution in [0.15, 0.2) is 30.3 Å². The van der Waals surface area contributed by atoms with Gasteiger partial charge in [0.15, 0.2) is 12.2 Å². The molecule has 2 fully saturated rings. The fraction of sp³-hybridized carbons (Fsp3) is 0.579. The molecule has 0 bridgehead atoms. The smallest absolute Gasteiger partial charge is 0.303 e. The molecule has 2 aliphatic rings. The summed E-state index contributed by atoms with van der Waals surface area (Å²) in [5, 5.41) is 0. The van der Waals surface area contributed by atoms with Crippen molar-refractivity contribution in [3.05, 3.63) is 35.9 Å². The zero-order valence-electron chi connectivity index (χ0n) is 14.7. The number of benzene rings is 1. The first-order valence-corrected chi connectivity index (χ1v) is 8.78. The molecule has 0 aliphatic carbocycles. The van der Waals surface area contributed by atoms with Gasteiger partial charge in [-0.05, 0) is 24.9 Å². The summed E-state index contributed by atoms with van der Waals surface area (Å²) in [6, 6.07) is 9.93. The Morgan fingerprint density at radius 3 is 2.48 bits per heavy atom. The van der Waals surface area contributed by atoms with Crippen LogP contribution in [0.1, 0.15) is 32.3 Å². The second kappa shape index (κ2) is 7.97. The molecule has 0 N–H and O–H groups in total. The van der Waals surface area contributed by atoms with Crippen molar-refractivity contribution in [2.24, 2.45) is 0 Å². The van der Waals surface area contributed by atoms with Crippen molar-refractivity contribution in [1.29, 1.82) is 0 Å². The number of carbonyl (C=O) groups is 2. The molecule has 0 radical (unpaired) electrons. The van der Waals surface area contributed by atoms with E-state index in [1.54, 1.807) is 0 Å². The molecule has 6 heteroatoms. The number of rotatable bonds is 5. The number of hydrogen-bond donors (Lipinski definition) is 0. The summed E-state index contributed by atoms with van der Waals surface area (Å²) < 4.78 is 17.1. The molecule has 0 aromatic heterocycles. The number of hydrogen-bond acceptors (Lipinski definition) is 6. The van der Waals surface area contributed by atoms with Crippen molar-refractivity contribution < 1.29 is 23.8 Å². The maximum absolute atomic E-state index is 11.6. The average Bonchev–Trinajstić information content (AvgIpc) is 2.90. The van der Waals surface area contributed by atoms with Gasteiger partial charge >= 0.3 is 11.9 Å². The van der Waals surface area contributed by atoms with Gasteiger partial charge in [-0.1, -0.05) is 30.3 Å². The lowest BCUT2D eigenvalue weighted by Gasteiger charge is -2.38. The fourth-order valence-corrected chi connectivity index (χ4v) is 3.85. The molecule has 3 rings (SSSR count). The van der Waals surface area contributed by atoms with E-state index in [1.165, 1.54) is 13.8 Å². The minimum atomic E-state index is -0.484. The number of fused-ring (bicyclic) bond motifs is 1. The minimum absolute atomic E-state index is 0.0566. The average molecular weight is 347 g/mol. The first kappa shape index (κ1) is 17.9. The van der Waals surface area contributed by atoms with E-state index < -0.39 is 12.2 Å². The largest absolute Gasteiger partial charge is 0.457 e. The monoisotopic (exact) mass is 347 g/mol. The third-order valence-corrected chi connectivity index (χ3v) is 4.78. The van der Waals surface area contributed by atoms with Crippen LogP contribution in [0.5, 0.6) is 0 Å². The van der Waals surface area contributed by atoms with Gasteiger partial charge in [-0.3, -0.25) is 14.5 Å². The molecule has 0 spiro atoms. The van der Waals surface area contributed by atoms with Gasteiger partial charge in [-0.25, -0.2) is 0 Å². The third-order valence-electron chi connectivity index (χ3n) is 4.78. The number of nitrogens with zero attached hydrogens (tertiary/aromatic N) is 1. The zero-order valence-corrected chi connectivity index (χ0v) is 14.7. The van der Waals surface area contributed by atoms with Gasteiger partial charge in [0.25, 0.3) is 0 Å². The van der Waals surface area contributed by atoms with Crippen LogP contribution in [0.3, 0.4) is 0 Å². The van der Waals surface area contributed by atoms with E-state index in [2.05, 4.69) is 4.90 Å². The predicted octanol–water partition coefficient (Wildman–Crippen LogP) is 1.91. The number of piperidine rings is 1. The lowest BCUT2D eigenvalue weighted by molar-refractivity contribution is -0.166. The van der Waals surface area contributed by atoms with Crippen LogP contribution in [-0.4, -0.2) is 54.3 Å². The predicted molar refractivity (Wildman–Crippen MR) is 90.7 cm³/mol. The molecule has 6 nitrogen and oxygen atoms in total. The summed E-state index contributed by atoms with van der Waals surface area (Å²) in [4.78, 5) is 25.2. The first-order chi connectivity index (χ1) is 12.0. The molecule has 1 aromatic carbocycles. The number of carbonyl (C=O) groups excluding carboxylic acids is 2. The van der Waals surface area contributed by atoms with Crippen LogP contribution >= 0.6 is 0 Å². The normalized spacial score (nSPS) is 29.0. The molecular weight excluding hydrogens is 322 g/mol. The summed E-state index contributed by atoms with van der Waals surface area (Å²) in [6.45, 7) is 4.75. The Morgan fingerprint density at radius 2 is 1.80 bits per heavy atom. The topological polar surface area (TPSA) is 65.1 Å². The van der Waals surface area contributed by atoms with Gasteiger partial charge in [0, 0.05) is 20.4 Å². The molecule has 4 atom stereocenters. The molecule has 0 saturated carbocycles. The van der Waals surface area contributed by atoms with Gasteiger partial charge < -0.3 is 14.2 Å². The second-order valence-corrected chi connectivity index (χ2v) is 6.68. The van der Waals surface area contributed by atoms with E-state index in [0.717, 1.165) is 24.9 Å². The Hall–Kier alpha value is -1.92. The SMILES string of the molecule is CC(=O)O[C@H]1[C@H]2[C@H](OCc3ccccc3)CCCN2C[C@H]1OC(C)=O. The van der Waals surface area contributed by atoms with Crippen molar-refractivity contribution in [1.82, 2.24) is 4.90 Å². The highest BCUT2D eigenvalue weighted by Gasteiger charge is 2.51. The highest BCUT2D eigenvalue weighted by Crippen LogP contribution is 2.33. The fourth-order valence-electron chi connectivity index (χ4n) is 3.85. The van der Waals surface area contributed by atoms with Crippen molar-refractivity contribution in [3.63, 3.8) is 0 Å².